The fraction of sp³-hybridized carbons (Fsp3) is 0.385. The molecule has 0 aliphatic heterocycles. The highest BCUT2D eigenvalue weighted by Crippen LogP contribution is 2.33. The van der Waals surface area contributed by atoms with Crippen LogP contribution in [0.1, 0.15) is 28.0 Å². The molecular formula is C13H17NO2S. The van der Waals surface area contributed by atoms with E-state index < -0.39 is 0 Å². The Hall–Kier alpha value is -1.26. The minimum Gasteiger partial charge on any atom is -0.496 e. The number of ether oxygens (including phenoxy) is 1. The molecule has 17 heavy (non-hydrogen) atoms. The van der Waals surface area contributed by atoms with Crippen molar-refractivity contribution in [3.8, 4) is 5.75 Å². The molecule has 0 saturated carbocycles. The maximum Gasteiger partial charge on any atom is 0.129 e. The molecule has 2 aromatic heterocycles. The van der Waals surface area contributed by atoms with E-state index in [0.717, 1.165) is 17.3 Å². The van der Waals surface area contributed by atoms with Crippen molar-refractivity contribution >= 4 is 11.3 Å². The number of furan rings is 1. The molecule has 2 rings (SSSR count). The lowest BCUT2D eigenvalue weighted by atomic mass is 10.1. The molecule has 0 amide bonds. The Morgan fingerprint density at radius 2 is 2.12 bits per heavy atom. The van der Waals surface area contributed by atoms with E-state index in [2.05, 4.69) is 17.4 Å². The predicted octanol–water partition coefficient (Wildman–Crippen LogP) is 3.28. The van der Waals surface area contributed by atoms with Crippen molar-refractivity contribution in [1.29, 1.82) is 0 Å². The molecule has 2 aromatic rings. The second-order valence-electron chi connectivity index (χ2n) is 3.98. The number of hydrogen-bond acceptors (Lipinski definition) is 4. The maximum absolute atomic E-state index is 5.59. The number of hydrogen-bond donors (Lipinski definition) is 1. The molecule has 0 aliphatic carbocycles. The van der Waals surface area contributed by atoms with Gasteiger partial charge >= 0.3 is 0 Å². The van der Waals surface area contributed by atoms with Crippen molar-refractivity contribution in [2.45, 2.75) is 19.9 Å². The van der Waals surface area contributed by atoms with E-state index >= 15 is 0 Å². The third-order valence-electron chi connectivity index (χ3n) is 2.79. The van der Waals surface area contributed by atoms with Gasteiger partial charge in [-0.05, 0) is 33.0 Å². The van der Waals surface area contributed by atoms with Gasteiger partial charge in [-0.3, -0.25) is 0 Å². The zero-order valence-corrected chi connectivity index (χ0v) is 11.4. The second kappa shape index (κ2) is 4.94. The molecule has 1 unspecified atom stereocenters. The Morgan fingerprint density at radius 1 is 1.35 bits per heavy atom. The van der Waals surface area contributed by atoms with Gasteiger partial charge < -0.3 is 14.5 Å². The van der Waals surface area contributed by atoms with Gasteiger partial charge in [0.2, 0.25) is 0 Å². The first kappa shape index (κ1) is 12.2. The van der Waals surface area contributed by atoms with Crippen LogP contribution in [0, 0.1) is 13.8 Å². The topological polar surface area (TPSA) is 34.4 Å². The molecule has 0 fully saturated rings. The van der Waals surface area contributed by atoms with Crippen molar-refractivity contribution < 1.29 is 9.15 Å². The number of thiophene rings is 1. The average Bonchev–Trinajstić information content (AvgIpc) is 2.88. The number of methoxy groups -OCH3 is 1. The van der Waals surface area contributed by atoms with Crippen molar-refractivity contribution in [1.82, 2.24) is 5.32 Å². The molecule has 0 radical (unpaired) electrons. The number of rotatable bonds is 4. The standard InChI is InChI=1S/C13H17NO2S/c1-8-5-11(9(2)16-8)13(14-3)12-6-10(15-4)7-17-12/h5-7,13-14H,1-4H3. The summed E-state index contributed by atoms with van der Waals surface area (Å²) in [6.07, 6.45) is 0. The Labute approximate surface area is 105 Å². The summed E-state index contributed by atoms with van der Waals surface area (Å²) in [6.45, 7) is 3.97. The van der Waals surface area contributed by atoms with Crippen molar-refractivity contribution in [3.05, 3.63) is 39.5 Å². The van der Waals surface area contributed by atoms with Crippen molar-refractivity contribution in [2.24, 2.45) is 0 Å². The molecule has 92 valence electrons. The highest BCUT2D eigenvalue weighted by molar-refractivity contribution is 7.10. The van der Waals surface area contributed by atoms with Crippen LogP contribution in [-0.2, 0) is 0 Å². The van der Waals surface area contributed by atoms with Crippen LogP contribution in [0.4, 0.5) is 0 Å². The smallest absolute Gasteiger partial charge is 0.129 e. The Bertz CT molecular complexity index is 501. The lowest BCUT2D eigenvalue weighted by Crippen LogP contribution is -2.16. The van der Waals surface area contributed by atoms with Crippen LogP contribution in [0.25, 0.3) is 0 Å². The first-order valence-electron chi connectivity index (χ1n) is 5.52. The fourth-order valence-corrected chi connectivity index (χ4v) is 2.96. The molecule has 0 aromatic carbocycles. The number of aryl methyl sites for hydroxylation is 2. The van der Waals surface area contributed by atoms with Crippen LogP contribution in [0.2, 0.25) is 0 Å². The maximum atomic E-state index is 5.59. The van der Waals surface area contributed by atoms with Gasteiger partial charge in [0, 0.05) is 15.8 Å². The van der Waals surface area contributed by atoms with Gasteiger partial charge in [0.15, 0.2) is 0 Å². The first-order valence-corrected chi connectivity index (χ1v) is 6.40. The van der Waals surface area contributed by atoms with Crippen LogP contribution in [0.5, 0.6) is 5.75 Å². The Balaban J connectivity index is 2.36. The van der Waals surface area contributed by atoms with Gasteiger partial charge in [0.25, 0.3) is 0 Å². The van der Waals surface area contributed by atoms with E-state index in [0.29, 0.717) is 0 Å². The summed E-state index contributed by atoms with van der Waals surface area (Å²) in [5, 5.41) is 5.34. The predicted molar refractivity (Wildman–Crippen MR) is 70.0 cm³/mol. The fourth-order valence-electron chi connectivity index (χ4n) is 1.98. The molecule has 3 nitrogen and oxygen atoms in total. The Kier molecular flexibility index (Phi) is 3.54. The SMILES string of the molecule is CNC(c1cc(OC)cs1)c1cc(C)oc1C. The average molecular weight is 251 g/mol. The molecular weight excluding hydrogens is 234 g/mol. The summed E-state index contributed by atoms with van der Waals surface area (Å²) < 4.78 is 10.8. The van der Waals surface area contributed by atoms with Crippen LogP contribution in [0.15, 0.2) is 21.9 Å². The van der Waals surface area contributed by atoms with E-state index in [1.165, 1.54) is 10.4 Å². The highest BCUT2D eigenvalue weighted by Gasteiger charge is 2.19. The zero-order chi connectivity index (χ0) is 12.4. The van der Waals surface area contributed by atoms with Crippen LogP contribution in [0.3, 0.4) is 0 Å². The van der Waals surface area contributed by atoms with E-state index in [1.54, 1.807) is 18.4 Å². The normalized spacial score (nSPS) is 12.7. The first-order chi connectivity index (χ1) is 8.15. The molecule has 0 spiro atoms. The molecule has 1 atom stereocenters. The van der Waals surface area contributed by atoms with Crippen LogP contribution in [-0.4, -0.2) is 14.2 Å². The quantitative estimate of drug-likeness (QED) is 0.905. The largest absolute Gasteiger partial charge is 0.496 e. The monoisotopic (exact) mass is 251 g/mol. The van der Waals surface area contributed by atoms with Crippen molar-refractivity contribution in [3.63, 3.8) is 0 Å². The van der Waals surface area contributed by atoms with E-state index in [1.807, 2.05) is 26.3 Å². The van der Waals surface area contributed by atoms with Gasteiger partial charge in [0.05, 0.1) is 13.2 Å². The van der Waals surface area contributed by atoms with Gasteiger partial charge in [0.1, 0.15) is 17.3 Å². The minimum atomic E-state index is 0.168. The summed E-state index contributed by atoms with van der Waals surface area (Å²) >= 11 is 1.69. The summed E-state index contributed by atoms with van der Waals surface area (Å²) in [5.41, 5.74) is 1.19. The van der Waals surface area contributed by atoms with Crippen LogP contribution >= 0.6 is 11.3 Å². The molecule has 0 saturated heterocycles. The molecule has 0 bridgehead atoms. The van der Waals surface area contributed by atoms with Gasteiger partial charge in [-0.25, -0.2) is 0 Å². The second-order valence-corrected chi connectivity index (χ2v) is 4.92. The lowest BCUT2D eigenvalue weighted by molar-refractivity contribution is 0.416. The summed E-state index contributed by atoms with van der Waals surface area (Å²) in [6, 6.07) is 4.32. The highest BCUT2D eigenvalue weighted by atomic mass is 32.1. The van der Waals surface area contributed by atoms with Gasteiger partial charge in [-0.1, -0.05) is 0 Å². The summed E-state index contributed by atoms with van der Waals surface area (Å²) in [4.78, 5) is 1.23. The molecule has 2 heterocycles. The van der Waals surface area contributed by atoms with Gasteiger partial charge in [-0.2, -0.15) is 0 Å². The minimum absolute atomic E-state index is 0.168. The van der Waals surface area contributed by atoms with E-state index in [4.69, 9.17) is 9.15 Å². The molecule has 4 heteroatoms. The Morgan fingerprint density at radius 3 is 2.59 bits per heavy atom. The van der Waals surface area contributed by atoms with Crippen LogP contribution < -0.4 is 10.1 Å². The third kappa shape index (κ3) is 2.37. The lowest BCUT2D eigenvalue weighted by Gasteiger charge is -2.13. The molecule has 1 N–H and O–H groups in total. The van der Waals surface area contributed by atoms with Gasteiger partial charge in [-0.15, -0.1) is 11.3 Å². The summed E-state index contributed by atoms with van der Waals surface area (Å²) in [5.74, 6) is 2.82. The van der Waals surface area contributed by atoms with E-state index in [-0.39, 0.29) is 6.04 Å². The molecule has 0 aliphatic rings. The summed E-state index contributed by atoms with van der Waals surface area (Å²) in [7, 11) is 3.64. The number of nitrogens with one attached hydrogen (secondary N) is 1. The third-order valence-corrected chi connectivity index (χ3v) is 3.77. The van der Waals surface area contributed by atoms with Crippen molar-refractivity contribution in [2.75, 3.05) is 14.2 Å². The zero-order valence-electron chi connectivity index (χ0n) is 10.5. The van der Waals surface area contributed by atoms with E-state index in [9.17, 15) is 0 Å².